The van der Waals surface area contributed by atoms with Crippen LogP contribution in [-0.4, -0.2) is 62.7 Å². The van der Waals surface area contributed by atoms with Gasteiger partial charge in [0, 0.05) is 31.2 Å². The zero-order valence-corrected chi connectivity index (χ0v) is 24.2. The molecule has 1 amide bonds. The van der Waals surface area contributed by atoms with Crippen LogP contribution in [0.2, 0.25) is 0 Å². The van der Waals surface area contributed by atoms with Gasteiger partial charge in [-0.25, -0.2) is 0 Å². The van der Waals surface area contributed by atoms with Crippen LogP contribution < -0.4 is 14.2 Å². The van der Waals surface area contributed by atoms with Gasteiger partial charge < -0.3 is 24.0 Å². The number of benzene rings is 2. The Kier molecular flexibility index (Phi) is 12.9. The van der Waals surface area contributed by atoms with E-state index in [1.165, 1.54) is 19.3 Å². The van der Waals surface area contributed by atoms with E-state index in [1.807, 2.05) is 43.0 Å². The maximum Gasteiger partial charge on any atom is 0.254 e. The lowest BCUT2D eigenvalue weighted by Gasteiger charge is -2.34. The number of carbonyl (C=O) groups excluding carboxylic acids is 1. The minimum atomic E-state index is -0.0751. The van der Waals surface area contributed by atoms with Crippen molar-refractivity contribution in [1.82, 2.24) is 9.80 Å². The zero-order valence-electron chi connectivity index (χ0n) is 24.2. The van der Waals surface area contributed by atoms with Gasteiger partial charge in [0.15, 0.2) is 11.5 Å². The first-order valence-corrected chi connectivity index (χ1v) is 13.7. The summed E-state index contributed by atoms with van der Waals surface area (Å²) in [6.45, 7) is 17.4. The van der Waals surface area contributed by atoms with Gasteiger partial charge in [-0.05, 0) is 67.6 Å². The number of piperidine rings is 1. The summed E-state index contributed by atoms with van der Waals surface area (Å²) in [4.78, 5) is 18.3. The van der Waals surface area contributed by atoms with Crippen molar-refractivity contribution in [2.45, 2.75) is 59.0 Å². The number of hydrogen-bond acceptors (Lipinski definition) is 5. The van der Waals surface area contributed by atoms with E-state index in [-0.39, 0.29) is 5.91 Å². The minimum Gasteiger partial charge on any atom is -0.493 e. The number of ether oxygens (including phenoxy) is 3. The number of likely N-dealkylation sites (tertiary alicyclic amines) is 1. The summed E-state index contributed by atoms with van der Waals surface area (Å²) in [6, 6.07) is 10.2. The third-order valence-corrected chi connectivity index (χ3v) is 6.98. The van der Waals surface area contributed by atoms with Crippen molar-refractivity contribution in [2.24, 2.45) is 0 Å². The van der Waals surface area contributed by atoms with Crippen molar-refractivity contribution >= 4 is 18.1 Å². The number of nitrogens with zero attached hydrogens (tertiary/aromatic N) is 2. The molecule has 0 radical (unpaired) electrons. The molecule has 0 aromatic heterocycles. The van der Waals surface area contributed by atoms with Crippen LogP contribution in [0.15, 0.2) is 43.5 Å². The molecule has 1 heterocycles. The summed E-state index contributed by atoms with van der Waals surface area (Å²) in [5.41, 5.74) is 3.57. The molecule has 38 heavy (non-hydrogen) atoms. The van der Waals surface area contributed by atoms with Crippen molar-refractivity contribution < 1.29 is 19.0 Å². The van der Waals surface area contributed by atoms with Gasteiger partial charge in [0.25, 0.3) is 5.91 Å². The Hall–Kier alpha value is -3.25. The smallest absolute Gasteiger partial charge is 0.254 e. The van der Waals surface area contributed by atoms with E-state index in [9.17, 15) is 4.79 Å². The van der Waals surface area contributed by atoms with Gasteiger partial charge in [0.05, 0.1) is 21.3 Å². The molecule has 0 saturated carbocycles. The van der Waals surface area contributed by atoms with Crippen LogP contribution in [0.5, 0.6) is 17.2 Å². The predicted octanol–water partition coefficient (Wildman–Crippen LogP) is 6.93. The Labute approximate surface area is 229 Å². The Bertz CT molecular complexity index is 1040. The maximum atomic E-state index is 13.8. The van der Waals surface area contributed by atoms with Crippen LogP contribution in [-0.2, 0) is 6.54 Å². The summed E-state index contributed by atoms with van der Waals surface area (Å²) >= 11 is 0. The van der Waals surface area contributed by atoms with Crippen molar-refractivity contribution in [2.75, 3.05) is 41.0 Å². The fourth-order valence-electron chi connectivity index (χ4n) is 4.90. The molecule has 1 atom stereocenters. The first-order valence-electron chi connectivity index (χ1n) is 13.7. The fraction of sp³-hybridized carbons (Fsp3) is 0.469. The van der Waals surface area contributed by atoms with Crippen LogP contribution >= 0.6 is 0 Å². The Morgan fingerprint density at radius 2 is 1.66 bits per heavy atom. The van der Waals surface area contributed by atoms with E-state index < -0.39 is 0 Å². The summed E-state index contributed by atoms with van der Waals surface area (Å²) in [7, 11) is 4.67. The van der Waals surface area contributed by atoms with E-state index >= 15 is 0 Å². The van der Waals surface area contributed by atoms with Crippen LogP contribution in [0, 0.1) is 0 Å². The standard InChI is InChI=1S/C30H40N2O4.C2H6/c1-7-24-14-13-23(18-25(24)8-2)21-32(17-11-16-31-15-10-9-12-22(31)3)30(33)26-19-27(34-4)29(36-6)28(20-26)35-5;1-2/h7-8,13-14,18-20,22H,1-2,9-12,15-17,21H2,3-6H3;1-2H3. The van der Waals surface area contributed by atoms with Crippen molar-refractivity contribution in [1.29, 1.82) is 0 Å². The summed E-state index contributed by atoms with van der Waals surface area (Å²) in [5, 5.41) is 0. The second-order valence-electron chi connectivity index (χ2n) is 9.25. The summed E-state index contributed by atoms with van der Waals surface area (Å²) in [6.07, 6.45) is 8.34. The average Bonchev–Trinajstić information content (AvgIpc) is 2.97. The topological polar surface area (TPSA) is 51.2 Å². The predicted molar refractivity (Wildman–Crippen MR) is 158 cm³/mol. The SMILES string of the molecule is C=Cc1ccc(CN(CCCN2CCCCC2C)C(=O)c2cc(OC)c(OC)c(OC)c2)cc1C=C.CC. The molecule has 1 aliphatic heterocycles. The lowest BCUT2D eigenvalue weighted by molar-refractivity contribution is 0.0725. The van der Waals surface area contributed by atoms with Crippen LogP contribution in [0.25, 0.3) is 12.2 Å². The Morgan fingerprint density at radius 1 is 1.00 bits per heavy atom. The van der Waals surface area contributed by atoms with E-state index in [0.717, 1.165) is 36.2 Å². The molecule has 1 fully saturated rings. The molecule has 0 spiro atoms. The molecule has 1 unspecified atom stereocenters. The number of rotatable bonds is 12. The van der Waals surface area contributed by atoms with Crippen molar-refractivity contribution in [3.63, 3.8) is 0 Å². The average molecular weight is 523 g/mol. The van der Waals surface area contributed by atoms with Gasteiger partial charge in [-0.1, -0.05) is 57.7 Å². The molecule has 2 aromatic rings. The number of methoxy groups -OCH3 is 3. The molecular formula is C32H46N2O4. The van der Waals surface area contributed by atoms with Gasteiger partial charge in [-0.15, -0.1) is 0 Å². The van der Waals surface area contributed by atoms with Crippen LogP contribution in [0.3, 0.4) is 0 Å². The maximum absolute atomic E-state index is 13.8. The van der Waals surface area contributed by atoms with Crippen LogP contribution in [0.1, 0.15) is 73.5 Å². The molecule has 2 aromatic carbocycles. The molecule has 1 saturated heterocycles. The van der Waals surface area contributed by atoms with E-state index in [4.69, 9.17) is 14.2 Å². The van der Waals surface area contributed by atoms with Gasteiger partial charge in [0.1, 0.15) is 0 Å². The molecule has 6 heteroatoms. The minimum absolute atomic E-state index is 0.0751. The number of hydrogen-bond donors (Lipinski definition) is 0. The third kappa shape index (κ3) is 7.87. The van der Waals surface area contributed by atoms with E-state index in [0.29, 0.717) is 41.9 Å². The normalized spacial score (nSPS) is 15.1. The first-order chi connectivity index (χ1) is 18.4. The molecule has 0 N–H and O–H groups in total. The molecule has 208 valence electrons. The lowest BCUT2D eigenvalue weighted by atomic mass is 10.0. The van der Waals surface area contributed by atoms with Gasteiger partial charge in [-0.2, -0.15) is 0 Å². The Morgan fingerprint density at radius 3 is 2.21 bits per heavy atom. The first kappa shape index (κ1) is 31.0. The zero-order chi connectivity index (χ0) is 28.1. The largest absolute Gasteiger partial charge is 0.493 e. The van der Waals surface area contributed by atoms with E-state index in [1.54, 1.807) is 33.5 Å². The summed E-state index contributed by atoms with van der Waals surface area (Å²) in [5.74, 6) is 1.32. The van der Waals surface area contributed by atoms with Gasteiger partial charge in [-0.3, -0.25) is 4.79 Å². The van der Waals surface area contributed by atoms with Gasteiger partial charge in [0.2, 0.25) is 5.75 Å². The second kappa shape index (κ2) is 15.9. The number of carbonyl (C=O) groups is 1. The van der Waals surface area contributed by atoms with E-state index in [2.05, 4.69) is 31.0 Å². The van der Waals surface area contributed by atoms with Gasteiger partial charge >= 0.3 is 0 Å². The number of amides is 1. The van der Waals surface area contributed by atoms with Crippen LogP contribution in [0.4, 0.5) is 0 Å². The third-order valence-electron chi connectivity index (χ3n) is 6.98. The molecule has 6 nitrogen and oxygen atoms in total. The quantitative estimate of drug-likeness (QED) is 0.302. The van der Waals surface area contributed by atoms with Crippen molar-refractivity contribution in [3.8, 4) is 17.2 Å². The molecule has 0 aliphatic carbocycles. The Balaban J connectivity index is 0.00000247. The van der Waals surface area contributed by atoms with Crippen molar-refractivity contribution in [3.05, 3.63) is 65.7 Å². The molecule has 0 bridgehead atoms. The highest BCUT2D eigenvalue weighted by atomic mass is 16.5. The lowest BCUT2D eigenvalue weighted by Crippen LogP contribution is -2.40. The second-order valence-corrected chi connectivity index (χ2v) is 9.25. The monoisotopic (exact) mass is 522 g/mol. The molecule has 3 rings (SSSR count). The highest BCUT2D eigenvalue weighted by Gasteiger charge is 2.23. The fourth-order valence-corrected chi connectivity index (χ4v) is 4.90. The molecule has 1 aliphatic rings. The highest BCUT2D eigenvalue weighted by Crippen LogP contribution is 2.38. The molecular weight excluding hydrogens is 476 g/mol. The highest BCUT2D eigenvalue weighted by molar-refractivity contribution is 5.95. The summed E-state index contributed by atoms with van der Waals surface area (Å²) < 4.78 is 16.4.